The van der Waals surface area contributed by atoms with Crippen LogP contribution in [0.3, 0.4) is 0 Å². The lowest BCUT2D eigenvalue weighted by molar-refractivity contribution is -0.207. The molecule has 4 saturated carbocycles. The summed E-state index contributed by atoms with van der Waals surface area (Å²) >= 11 is 0. The second-order valence-corrected chi connectivity index (χ2v) is 19.1. The highest BCUT2D eigenvalue weighted by Crippen LogP contribution is 2.68. The third-order valence-corrected chi connectivity index (χ3v) is 16.7. The summed E-state index contributed by atoms with van der Waals surface area (Å²) in [5.74, 6) is 0.662. The number of benzene rings is 1. The van der Waals surface area contributed by atoms with Crippen LogP contribution in [0.15, 0.2) is 29.1 Å². The molecule has 11 nitrogen and oxygen atoms in total. The number of rotatable bonds is 7. The Morgan fingerprint density at radius 3 is 2.58 bits per heavy atom. The Labute approximate surface area is 333 Å². The summed E-state index contributed by atoms with van der Waals surface area (Å²) in [4.78, 5) is 44.8. The van der Waals surface area contributed by atoms with Crippen molar-refractivity contribution in [3.8, 4) is 17.1 Å². The molecule has 0 radical (unpaired) electrons. The fourth-order valence-electron chi connectivity index (χ4n) is 13.5. The summed E-state index contributed by atoms with van der Waals surface area (Å²) < 4.78 is 12.8. The number of carbonyl (C=O) groups is 2. The van der Waals surface area contributed by atoms with Crippen LogP contribution in [0.25, 0.3) is 22.3 Å². The Bertz CT molecular complexity index is 2220. The summed E-state index contributed by atoms with van der Waals surface area (Å²) in [6.45, 7) is 10.6. The second kappa shape index (κ2) is 13.7. The zero-order chi connectivity index (χ0) is 40.3. The van der Waals surface area contributed by atoms with Gasteiger partial charge in [-0.15, -0.1) is 0 Å². The molecule has 0 saturated heterocycles. The van der Waals surface area contributed by atoms with Gasteiger partial charge in [0.25, 0.3) is 5.56 Å². The maximum atomic E-state index is 13.7. The first kappa shape index (κ1) is 38.9. The molecule has 0 spiro atoms. The van der Waals surface area contributed by atoms with Crippen molar-refractivity contribution in [2.45, 2.75) is 142 Å². The third kappa shape index (κ3) is 5.65. The fraction of sp³-hybridized carbons (Fsp3) is 0.652. The number of aliphatic hydroxyl groups is 4. The van der Waals surface area contributed by atoms with E-state index in [-0.39, 0.29) is 94.5 Å². The Hall–Kier alpha value is -3.64. The van der Waals surface area contributed by atoms with Gasteiger partial charge in [0.1, 0.15) is 12.4 Å². The molecule has 9 rings (SSSR count). The second-order valence-electron chi connectivity index (χ2n) is 19.1. The number of pyridine rings is 2. The van der Waals surface area contributed by atoms with Crippen molar-refractivity contribution < 1.29 is 39.5 Å². The number of fused-ring (bicyclic) bond motifs is 10. The summed E-state index contributed by atoms with van der Waals surface area (Å²) in [5, 5.41) is 46.2. The first-order chi connectivity index (χ1) is 27.1. The number of cyclic esters (lactones) is 1. The smallest absolute Gasteiger partial charge is 0.343 e. The van der Waals surface area contributed by atoms with Gasteiger partial charge in [-0.3, -0.25) is 9.59 Å². The van der Waals surface area contributed by atoms with Gasteiger partial charge in [0.2, 0.25) is 0 Å². The van der Waals surface area contributed by atoms with Crippen LogP contribution in [0.1, 0.15) is 121 Å². The van der Waals surface area contributed by atoms with E-state index in [1.807, 2.05) is 19.1 Å². The average Bonchev–Trinajstić information content (AvgIpc) is 3.74. The van der Waals surface area contributed by atoms with E-state index in [9.17, 15) is 34.8 Å². The van der Waals surface area contributed by atoms with Crippen LogP contribution in [0, 0.1) is 46.3 Å². The Kier molecular flexibility index (Phi) is 9.35. The molecular formula is C46H58N2O9. The number of aromatic nitrogens is 2. The number of carbonyl (C=O) groups excluding carboxylic acids is 2. The van der Waals surface area contributed by atoms with E-state index in [2.05, 4.69) is 20.8 Å². The van der Waals surface area contributed by atoms with Gasteiger partial charge in [-0.1, -0.05) is 34.6 Å². The molecule has 6 aliphatic rings. The topological polar surface area (TPSA) is 168 Å². The number of hydrogen-bond donors (Lipinski definition) is 4. The average molecular weight is 783 g/mol. The van der Waals surface area contributed by atoms with Crippen molar-refractivity contribution in [1.29, 1.82) is 0 Å². The SMILES string of the molecule is CCc1c2c(nc3ccc(OC(=O)CC[C@@H](C)C4CCC5C6C(C[C@H](O)[C@@]54C)[C@@]4(C)CC[C@@H](O)CC4C[C@H]6O)cc13)-c1cc3c(c(=O)n1C2)COC(=O)[C@]3(O)CC. The molecule has 306 valence electrons. The predicted octanol–water partition coefficient (Wildman–Crippen LogP) is 5.93. The van der Waals surface area contributed by atoms with Gasteiger partial charge in [0, 0.05) is 22.9 Å². The highest BCUT2D eigenvalue weighted by atomic mass is 16.6. The van der Waals surface area contributed by atoms with Crippen LogP contribution in [-0.4, -0.2) is 60.2 Å². The van der Waals surface area contributed by atoms with Crippen LogP contribution >= 0.6 is 0 Å². The van der Waals surface area contributed by atoms with Crippen molar-refractivity contribution in [3.05, 3.63) is 56.9 Å². The van der Waals surface area contributed by atoms with Crippen LogP contribution in [-0.2, 0) is 39.5 Å². The molecule has 2 aromatic heterocycles. The third-order valence-electron chi connectivity index (χ3n) is 16.7. The van der Waals surface area contributed by atoms with E-state index < -0.39 is 23.8 Å². The lowest BCUT2D eigenvalue weighted by atomic mass is 9.43. The van der Waals surface area contributed by atoms with E-state index >= 15 is 0 Å². The molecular weight excluding hydrogens is 725 g/mol. The highest BCUT2D eigenvalue weighted by Gasteiger charge is 2.65. The van der Waals surface area contributed by atoms with Crippen molar-refractivity contribution in [2.75, 3.05) is 0 Å². The molecule has 0 amide bonds. The quantitative estimate of drug-likeness (QED) is 0.130. The molecule has 57 heavy (non-hydrogen) atoms. The molecule has 3 aromatic rings. The molecule has 11 heteroatoms. The minimum Gasteiger partial charge on any atom is -0.458 e. The molecule has 4 aliphatic carbocycles. The van der Waals surface area contributed by atoms with Crippen molar-refractivity contribution >= 4 is 22.8 Å². The van der Waals surface area contributed by atoms with Gasteiger partial charge >= 0.3 is 11.9 Å². The zero-order valence-corrected chi connectivity index (χ0v) is 33.9. The van der Waals surface area contributed by atoms with Crippen LogP contribution in [0.4, 0.5) is 0 Å². The van der Waals surface area contributed by atoms with Crippen molar-refractivity contribution in [1.82, 2.24) is 9.55 Å². The van der Waals surface area contributed by atoms with Gasteiger partial charge in [0.05, 0.1) is 47.3 Å². The lowest BCUT2D eigenvalue weighted by Gasteiger charge is -2.63. The van der Waals surface area contributed by atoms with E-state index in [1.165, 1.54) is 0 Å². The Morgan fingerprint density at radius 1 is 1.04 bits per heavy atom. The normalized spacial score (nSPS) is 37.0. The Morgan fingerprint density at radius 2 is 1.82 bits per heavy atom. The van der Waals surface area contributed by atoms with Crippen LogP contribution < -0.4 is 10.3 Å². The van der Waals surface area contributed by atoms with E-state index in [0.29, 0.717) is 48.5 Å². The maximum Gasteiger partial charge on any atom is 0.343 e. The minimum absolute atomic E-state index is 0.0286. The van der Waals surface area contributed by atoms with Crippen LogP contribution in [0.5, 0.6) is 5.75 Å². The summed E-state index contributed by atoms with van der Waals surface area (Å²) in [7, 11) is 0. The largest absolute Gasteiger partial charge is 0.458 e. The molecule has 4 fully saturated rings. The molecule has 5 unspecified atom stereocenters. The number of hydrogen-bond acceptors (Lipinski definition) is 10. The lowest BCUT2D eigenvalue weighted by Crippen LogP contribution is -2.62. The zero-order valence-electron chi connectivity index (χ0n) is 33.9. The summed E-state index contributed by atoms with van der Waals surface area (Å²) in [6.07, 6.45) is 6.25. The summed E-state index contributed by atoms with van der Waals surface area (Å²) in [5.41, 5.74) is 1.82. The first-order valence-electron chi connectivity index (χ1n) is 21.5. The van der Waals surface area contributed by atoms with Crippen molar-refractivity contribution in [2.24, 2.45) is 46.3 Å². The standard InChI is InChI=1S/C46H58N2O9/c1-6-27-28-18-26(9-12-35(28)47-41-29(27)21-48-36(41)19-33-30(42(48)53)22-56-43(54)46(33,55)7-2)57-39(52)13-8-23(3)31-10-11-32-40-34(20-38(51)45(31,32)5)44(4)15-14-25(49)16-24(44)17-37(40)50/h9,12,18-19,23-25,31-32,34,37-38,40,49-51,55H,6-8,10-11,13-17,20-22H2,1-5H3/t23-,24?,25-,31?,32?,34?,37-,38+,40?,44+,45-,46+/m1/s1. The Balaban J connectivity index is 0.905. The van der Waals surface area contributed by atoms with Crippen LogP contribution in [0.2, 0.25) is 0 Å². The monoisotopic (exact) mass is 782 g/mol. The fourth-order valence-corrected chi connectivity index (χ4v) is 13.5. The van der Waals surface area contributed by atoms with Gasteiger partial charge in [-0.2, -0.15) is 0 Å². The van der Waals surface area contributed by atoms with E-state index in [4.69, 9.17) is 14.5 Å². The number of ether oxygens (including phenoxy) is 2. The maximum absolute atomic E-state index is 13.7. The van der Waals surface area contributed by atoms with E-state index in [0.717, 1.165) is 55.0 Å². The number of aryl methyl sites for hydroxylation is 1. The molecule has 12 atom stereocenters. The number of nitrogens with zero attached hydrogens (tertiary/aromatic N) is 2. The minimum atomic E-state index is -1.90. The van der Waals surface area contributed by atoms with Crippen molar-refractivity contribution in [3.63, 3.8) is 0 Å². The molecule has 2 aliphatic heterocycles. The van der Waals surface area contributed by atoms with Gasteiger partial charge < -0.3 is 34.5 Å². The summed E-state index contributed by atoms with van der Waals surface area (Å²) in [6, 6.07) is 7.15. The molecule has 4 heterocycles. The van der Waals surface area contributed by atoms with Gasteiger partial charge in [0.15, 0.2) is 5.60 Å². The molecule has 1 aromatic carbocycles. The molecule has 0 bridgehead atoms. The first-order valence-corrected chi connectivity index (χ1v) is 21.5. The van der Waals surface area contributed by atoms with Gasteiger partial charge in [-0.25, -0.2) is 9.78 Å². The predicted molar refractivity (Wildman–Crippen MR) is 212 cm³/mol. The number of aliphatic hydroxyl groups excluding tert-OH is 3. The molecule has 4 N–H and O–H groups in total. The number of esters is 2. The van der Waals surface area contributed by atoms with E-state index in [1.54, 1.807) is 23.6 Å². The highest BCUT2D eigenvalue weighted by molar-refractivity contribution is 5.90. The van der Waals surface area contributed by atoms with Gasteiger partial charge in [-0.05, 0) is 140 Å².